The van der Waals surface area contributed by atoms with E-state index in [2.05, 4.69) is 29.4 Å². The first kappa shape index (κ1) is 26.7. The lowest BCUT2D eigenvalue weighted by Crippen LogP contribution is -2.44. The fourth-order valence-electron chi connectivity index (χ4n) is 4.30. The second-order valence-corrected chi connectivity index (χ2v) is 8.05. The van der Waals surface area contributed by atoms with Gasteiger partial charge in [-0.05, 0) is 71.1 Å². The molecule has 2 aliphatic heterocycles. The van der Waals surface area contributed by atoms with Gasteiger partial charge in [-0.15, -0.1) is 24.0 Å². The Kier molecular flexibility index (Phi) is 12.8. The predicted octanol–water partition coefficient (Wildman–Crippen LogP) is 3.70. The van der Waals surface area contributed by atoms with Crippen LogP contribution in [-0.2, 0) is 0 Å². The number of likely N-dealkylation sites (N-methyl/N-ethyl adjacent to an activating group) is 1. The molecule has 0 saturated carbocycles. The minimum Gasteiger partial charge on any atom is -0.357 e. The number of piperidine rings is 2. The van der Waals surface area contributed by atoms with Gasteiger partial charge >= 0.3 is 6.18 Å². The molecule has 172 valence electrons. The first-order valence-corrected chi connectivity index (χ1v) is 11.0. The molecule has 5 nitrogen and oxygen atoms in total. The molecule has 0 aliphatic carbocycles. The van der Waals surface area contributed by atoms with Gasteiger partial charge in [0.1, 0.15) is 0 Å². The lowest BCUT2D eigenvalue weighted by molar-refractivity contribution is -0.148. The molecule has 1 unspecified atom stereocenters. The van der Waals surface area contributed by atoms with Crippen LogP contribution in [0.3, 0.4) is 0 Å². The van der Waals surface area contributed by atoms with Gasteiger partial charge in [0.05, 0.1) is 13.1 Å². The Morgan fingerprint density at radius 3 is 2.38 bits per heavy atom. The van der Waals surface area contributed by atoms with E-state index in [1.54, 1.807) is 0 Å². The zero-order valence-corrected chi connectivity index (χ0v) is 20.3. The van der Waals surface area contributed by atoms with E-state index < -0.39 is 12.7 Å². The summed E-state index contributed by atoms with van der Waals surface area (Å²) in [5.41, 5.74) is 0. The molecule has 0 spiro atoms. The fourth-order valence-corrected chi connectivity index (χ4v) is 4.30. The number of alkyl halides is 3. The Morgan fingerprint density at radius 2 is 1.76 bits per heavy atom. The lowest BCUT2D eigenvalue weighted by atomic mass is 9.93. The monoisotopic (exact) mass is 533 g/mol. The third-order valence-corrected chi connectivity index (χ3v) is 5.91. The Bertz CT molecular complexity index is 468. The predicted molar refractivity (Wildman–Crippen MR) is 124 cm³/mol. The highest BCUT2D eigenvalue weighted by atomic mass is 127. The summed E-state index contributed by atoms with van der Waals surface area (Å²) in [6, 6.07) is 0.534. The molecule has 2 aliphatic rings. The van der Waals surface area contributed by atoms with Crippen LogP contribution in [0, 0.1) is 5.92 Å². The van der Waals surface area contributed by atoms with E-state index >= 15 is 0 Å². The summed E-state index contributed by atoms with van der Waals surface area (Å²) in [5.74, 6) is 1.35. The van der Waals surface area contributed by atoms with Crippen molar-refractivity contribution in [2.24, 2.45) is 10.9 Å². The Morgan fingerprint density at radius 1 is 1.03 bits per heavy atom. The summed E-state index contributed by atoms with van der Waals surface area (Å²) in [6.07, 6.45) is 2.37. The van der Waals surface area contributed by atoms with Crippen LogP contribution in [0.1, 0.15) is 52.4 Å². The van der Waals surface area contributed by atoms with Crippen molar-refractivity contribution in [3.63, 3.8) is 0 Å². The van der Waals surface area contributed by atoms with Crippen molar-refractivity contribution < 1.29 is 13.2 Å². The van der Waals surface area contributed by atoms with E-state index in [1.165, 1.54) is 30.7 Å². The quantitative estimate of drug-likeness (QED) is 0.284. The van der Waals surface area contributed by atoms with E-state index in [-0.39, 0.29) is 24.0 Å². The second-order valence-electron chi connectivity index (χ2n) is 8.05. The largest absolute Gasteiger partial charge is 0.401 e. The van der Waals surface area contributed by atoms with Crippen molar-refractivity contribution in [2.45, 2.75) is 64.6 Å². The molecule has 1 atom stereocenters. The third kappa shape index (κ3) is 10.5. The molecule has 0 aromatic carbocycles. The first-order valence-electron chi connectivity index (χ1n) is 11.0. The van der Waals surface area contributed by atoms with Gasteiger partial charge < -0.3 is 10.6 Å². The van der Waals surface area contributed by atoms with E-state index in [1.807, 2.05) is 0 Å². The van der Waals surface area contributed by atoms with Crippen LogP contribution in [0.2, 0.25) is 0 Å². The van der Waals surface area contributed by atoms with E-state index in [9.17, 15) is 13.2 Å². The summed E-state index contributed by atoms with van der Waals surface area (Å²) >= 11 is 0. The van der Waals surface area contributed by atoms with Gasteiger partial charge in [-0.3, -0.25) is 14.8 Å². The summed E-state index contributed by atoms with van der Waals surface area (Å²) in [7, 11) is 0. The highest BCUT2D eigenvalue weighted by Crippen LogP contribution is 2.24. The molecule has 0 aromatic rings. The summed E-state index contributed by atoms with van der Waals surface area (Å²) in [6.45, 7) is 9.31. The molecule has 2 heterocycles. The Hall–Kier alpha value is -0.290. The minimum atomic E-state index is -4.09. The van der Waals surface area contributed by atoms with Crippen LogP contribution in [0.5, 0.6) is 0 Å². The average molecular weight is 533 g/mol. The normalized spacial score (nSPS) is 22.9. The zero-order valence-electron chi connectivity index (χ0n) is 17.9. The number of hydrogen-bond donors (Lipinski definition) is 2. The topological polar surface area (TPSA) is 42.9 Å². The van der Waals surface area contributed by atoms with Gasteiger partial charge in [0.25, 0.3) is 0 Å². The molecular weight excluding hydrogens is 494 g/mol. The highest BCUT2D eigenvalue weighted by molar-refractivity contribution is 14.0. The van der Waals surface area contributed by atoms with Gasteiger partial charge in [0.2, 0.25) is 0 Å². The summed E-state index contributed by atoms with van der Waals surface area (Å²) in [4.78, 5) is 8.84. The summed E-state index contributed by atoms with van der Waals surface area (Å²) in [5, 5.41) is 6.73. The number of hydrogen-bond acceptors (Lipinski definition) is 3. The lowest BCUT2D eigenvalue weighted by Gasteiger charge is -2.34. The van der Waals surface area contributed by atoms with Crippen LogP contribution in [-0.4, -0.2) is 80.3 Å². The van der Waals surface area contributed by atoms with Crippen molar-refractivity contribution in [3.05, 3.63) is 0 Å². The smallest absolute Gasteiger partial charge is 0.357 e. The number of nitrogens with one attached hydrogen (secondary N) is 2. The molecule has 0 bridgehead atoms. The standard InChI is InChI=1S/C20H38F3N5.HI/c1-3-24-19(26-15-18-7-5-6-12-28(18)4-2)25-11-8-17-9-13-27(14-10-17)16-20(21,22)23;/h17-18H,3-16H2,1-2H3,(H2,24,25,26);1H. The van der Waals surface area contributed by atoms with Gasteiger partial charge in [-0.25, -0.2) is 0 Å². The van der Waals surface area contributed by atoms with Crippen molar-refractivity contribution in [3.8, 4) is 0 Å². The molecular formula is C20H39F3IN5. The molecule has 0 amide bonds. The van der Waals surface area contributed by atoms with Crippen molar-refractivity contribution in [2.75, 3.05) is 52.4 Å². The maximum Gasteiger partial charge on any atom is 0.401 e. The van der Waals surface area contributed by atoms with Crippen LogP contribution in [0.25, 0.3) is 0 Å². The molecule has 9 heteroatoms. The van der Waals surface area contributed by atoms with Gasteiger partial charge in [0, 0.05) is 19.1 Å². The third-order valence-electron chi connectivity index (χ3n) is 5.91. The molecule has 0 radical (unpaired) electrons. The fraction of sp³-hybridized carbons (Fsp3) is 0.950. The van der Waals surface area contributed by atoms with E-state index in [0.717, 1.165) is 51.4 Å². The molecule has 2 saturated heterocycles. The molecule has 2 N–H and O–H groups in total. The van der Waals surface area contributed by atoms with Gasteiger partial charge in [0.15, 0.2) is 5.96 Å². The number of likely N-dealkylation sites (tertiary alicyclic amines) is 2. The van der Waals surface area contributed by atoms with Crippen LogP contribution >= 0.6 is 24.0 Å². The van der Waals surface area contributed by atoms with Crippen molar-refractivity contribution >= 4 is 29.9 Å². The molecule has 2 fully saturated rings. The number of aliphatic imine (C=N–C) groups is 1. The average Bonchev–Trinajstić information content (AvgIpc) is 2.66. The molecule has 2 rings (SSSR count). The minimum absolute atomic E-state index is 0. The maximum absolute atomic E-state index is 12.5. The van der Waals surface area contributed by atoms with E-state index in [4.69, 9.17) is 4.99 Å². The molecule has 0 aromatic heterocycles. The first-order chi connectivity index (χ1) is 13.4. The van der Waals surface area contributed by atoms with Crippen LogP contribution in [0.15, 0.2) is 4.99 Å². The van der Waals surface area contributed by atoms with E-state index in [0.29, 0.717) is 25.0 Å². The Balaban J connectivity index is 0.00000420. The van der Waals surface area contributed by atoms with Crippen LogP contribution in [0.4, 0.5) is 13.2 Å². The SMILES string of the molecule is CCNC(=NCC1CCCCN1CC)NCCC1CCN(CC(F)(F)F)CC1.I. The summed E-state index contributed by atoms with van der Waals surface area (Å²) < 4.78 is 37.4. The second kappa shape index (κ2) is 13.9. The number of nitrogens with zero attached hydrogens (tertiary/aromatic N) is 3. The maximum atomic E-state index is 12.5. The zero-order chi connectivity index (χ0) is 20.4. The molecule has 29 heavy (non-hydrogen) atoms. The van der Waals surface area contributed by atoms with Gasteiger partial charge in [-0.1, -0.05) is 13.3 Å². The van der Waals surface area contributed by atoms with Crippen LogP contribution < -0.4 is 10.6 Å². The Labute approximate surface area is 191 Å². The van der Waals surface area contributed by atoms with Crippen molar-refractivity contribution in [1.29, 1.82) is 0 Å². The van der Waals surface area contributed by atoms with Gasteiger partial charge in [-0.2, -0.15) is 13.2 Å². The number of rotatable bonds is 8. The highest BCUT2D eigenvalue weighted by Gasteiger charge is 2.32. The number of guanidine groups is 1. The van der Waals surface area contributed by atoms with Crippen molar-refractivity contribution in [1.82, 2.24) is 20.4 Å². The number of halogens is 4.